The second-order valence-electron chi connectivity index (χ2n) is 3.67. The van der Waals surface area contributed by atoms with E-state index in [0.717, 1.165) is 13.2 Å². The molecular formula is C11H20N2OS. The van der Waals surface area contributed by atoms with Gasteiger partial charge in [0.1, 0.15) is 0 Å². The van der Waals surface area contributed by atoms with Gasteiger partial charge in [0, 0.05) is 30.0 Å². The van der Waals surface area contributed by atoms with Crippen molar-refractivity contribution in [2.75, 3.05) is 33.9 Å². The Morgan fingerprint density at radius 3 is 2.73 bits per heavy atom. The van der Waals surface area contributed by atoms with Crippen LogP contribution in [-0.2, 0) is 4.74 Å². The van der Waals surface area contributed by atoms with Crippen LogP contribution in [-0.4, -0.2) is 38.8 Å². The third-order valence-corrected chi connectivity index (χ3v) is 3.59. The van der Waals surface area contributed by atoms with Gasteiger partial charge in [-0.15, -0.1) is 11.3 Å². The molecule has 2 N–H and O–H groups in total. The van der Waals surface area contributed by atoms with Gasteiger partial charge in [-0.2, -0.15) is 0 Å². The molecule has 1 aromatic heterocycles. The minimum atomic E-state index is 0.318. The number of likely N-dealkylation sites (N-methyl/N-ethyl adjacent to an activating group) is 1. The largest absolute Gasteiger partial charge is 0.383 e. The molecule has 0 radical (unpaired) electrons. The van der Waals surface area contributed by atoms with Crippen molar-refractivity contribution in [3.63, 3.8) is 0 Å². The van der Waals surface area contributed by atoms with Gasteiger partial charge in [0.25, 0.3) is 0 Å². The molecule has 0 aromatic carbocycles. The number of methoxy groups -OCH3 is 1. The lowest BCUT2D eigenvalue weighted by atomic mass is 10.2. The number of aryl methyl sites for hydroxylation is 1. The van der Waals surface area contributed by atoms with E-state index in [1.54, 1.807) is 7.11 Å². The molecule has 4 heteroatoms. The van der Waals surface area contributed by atoms with Crippen LogP contribution in [0, 0.1) is 6.92 Å². The highest BCUT2D eigenvalue weighted by Crippen LogP contribution is 2.25. The van der Waals surface area contributed by atoms with Crippen LogP contribution in [0.2, 0.25) is 0 Å². The van der Waals surface area contributed by atoms with Gasteiger partial charge in [-0.05, 0) is 26.1 Å². The molecule has 1 atom stereocenters. The Morgan fingerprint density at radius 1 is 1.53 bits per heavy atom. The van der Waals surface area contributed by atoms with Crippen molar-refractivity contribution in [2.45, 2.75) is 13.0 Å². The smallest absolute Gasteiger partial charge is 0.0589 e. The highest BCUT2D eigenvalue weighted by Gasteiger charge is 2.16. The van der Waals surface area contributed by atoms with E-state index in [2.05, 4.69) is 31.0 Å². The average molecular weight is 228 g/mol. The molecule has 1 unspecified atom stereocenters. The van der Waals surface area contributed by atoms with E-state index in [1.807, 2.05) is 11.3 Å². The van der Waals surface area contributed by atoms with E-state index >= 15 is 0 Å². The minimum absolute atomic E-state index is 0.318. The number of hydrogen-bond donors (Lipinski definition) is 1. The topological polar surface area (TPSA) is 38.5 Å². The molecule has 0 bridgehead atoms. The van der Waals surface area contributed by atoms with Gasteiger partial charge in [-0.1, -0.05) is 0 Å². The Kier molecular flexibility index (Phi) is 5.25. The quantitative estimate of drug-likeness (QED) is 0.804. The first-order valence-corrected chi connectivity index (χ1v) is 5.96. The summed E-state index contributed by atoms with van der Waals surface area (Å²) in [5.74, 6) is 0. The summed E-state index contributed by atoms with van der Waals surface area (Å²) in [4.78, 5) is 4.92. The molecule has 0 saturated heterocycles. The normalized spacial score (nSPS) is 13.4. The van der Waals surface area contributed by atoms with Crippen LogP contribution < -0.4 is 5.73 Å². The Labute approximate surface area is 95.8 Å². The first kappa shape index (κ1) is 12.6. The molecule has 1 heterocycles. The lowest BCUT2D eigenvalue weighted by molar-refractivity contribution is 0.141. The SMILES string of the molecule is COCCN(C)C(CN)c1ccc(C)s1. The van der Waals surface area contributed by atoms with Crippen LogP contribution in [0.3, 0.4) is 0 Å². The minimum Gasteiger partial charge on any atom is -0.383 e. The first-order valence-electron chi connectivity index (χ1n) is 5.14. The second kappa shape index (κ2) is 6.23. The zero-order valence-corrected chi connectivity index (χ0v) is 10.5. The number of nitrogens with zero attached hydrogens (tertiary/aromatic N) is 1. The molecule has 0 saturated carbocycles. The Morgan fingerprint density at radius 2 is 2.27 bits per heavy atom. The Balaban J connectivity index is 2.62. The Bertz CT molecular complexity index is 288. The van der Waals surface area contributed by atoms with Gasteiger partial charge in [0.05, 0.1) is 12.6 Å². The van der Waals surface area contributed by atoms with Crippen molar-refractivity contribution < 1.29 is 4.74 Å². The number of ether oxygens (including phenoxy) is 1. The third-order valence-electron chi connectivity index (χ3n) is 2.49. The first-order chi connectivity index (χ1) is 7.19. The van der Waals surface area contributed by atoms with Crippen molar-refractivity contribution >= 4 is 11.3 Å². The zero-order valence-electron chi connectivity index (χ0n) is 9.69. The molecule has 1 aromatic rings. The van der Waals surface area contributed by atoms with Crippen LogP contribution in [0.25, 0.3) is 0 Å². The predicted molar refractivity (Wildman–Crippen MR) is 65.4 cm³/mol. The van der Waals surface area contributed by atoms with Crippen molar-refractivity contribution in [3.8, 4) is 0 Å². The van der Waals surface area contributed by atoms with Gasteiger partial charge < -0.3 is 10.5 Å². The summed E-state index contributed by atoms with van der Waals surface area (Å²) >= 11 is 1.82. The fourth-order valence-electron chi connectivity index (χ4n) is 1.54. The van der Waals surface area contributed by atoms with Crippen molar-refractivity contribution in [1.82, 2.24) is 4.90 Å². The van der Waals surface area contributed by atoms with E-state index in [1.165, 1.54) is 9.75 Å². The van der Waals surface area contributed by atoms with E-state index in [-0.39, 0.29) is 0 Å². The fraction of sp³-hybridized carbons (Fsp3) is 0.636. The molecule has 0 aliphatic rings. The van der Waals surface area contributed by atoms with Crippen LogP contribution >= 0.6 is 11.3 Å². The molecule has 0 amide bonds. The van der Waals surface area contributed by atoms with Gasteiger partial charge in [-0.25, -0.2) is 0 Å². The van der Waals surface area contributed by atoms with E-state index in [4.69, 9.17) is 10.5 Å². The monoisotopic (exact) mass is 228 g/mol. The lowest BCUT2D eigenvalue weighted by Crippen LogP contribution is -2.32. The van der Waals surface area contributed by atoms with Crippen LogP contribution in [0.4, 0.5) is 0 Å². The van der Waals surface area contributed by atoms with E-state index in [9.17, 15) is 0 Å². The zero-order chi connectivity index (χ0) is 11.3. The van der Waals surface area contributed by atoms with Crippen LogP contribution in [0.5, 0.6) is 0 Å². The highest BCUT2D eigenvalue weighted by molar-refractivity contribution is 7.12. The molecule has 86 valence electrons. The standard InChI is InChI=1S/C11H20N2OS/c1-9-4-5-11(15-9)10(8-12)13(2)6-7-14-3/h4-5,10H,6-8,12H2,1-3H3. The highest BCUT2D eigenvalue weighted by atomic mass is 32.1. The number of rotatable bonds is 6. The summed E-state index contributed by atoms with van der Waals surface area (Å²) in [5.41, 5.74) is 5.81. The molecule has 15 heavy (non-hydrogen) atoms. The maximum absolute atomic E-state index is 5.81. The second-order valence-corrected chi connectivity index (χ2v) is 4.99. The summed E-state index contributed by atoms with van der Waals surface area (Å²) in [6.45, 7) is 4.43. The van der Waals surface area contributed by atoms with Crippen molar-refractivity contribution in [2.24, 2.45) is 5.73 Å². The maximum Gasteiger partial charge on any atom is 0.0589 e. The van der Waals surface area contributed by atoms with E-state index < -0.39 is 0 Å². The summed E-state index contributed by atoms with van der Waals surface area (Å²) in [6, 6.07) is 4.63. The van der Waals surface area contributed by atoms with E-state index in [0.29, 0.717) is 12.6 Å². The average Bonchev–Trinajstić information content (AvgIpc) is 2.63. The summed E-state index contributed by atoms with van der Waals surface area (Å²) in [7, 11) is 3.81. The summed E-state index contributed by atoms with van der Waals surface area (Å²) in [6.07, 6.45) is 0. The van der Waals surface area contributed by atoms with Crippen molar-refractivity contribution in [3.05, 3.63) is 21.9 Å². The third kappa shape index (κ3) is 3.57. The van der Waals surface area contributed by atoms with Gasteiger partial charge in [-0.3, -0.25) is 4.90 Å². The van der Waals surface area contributed by atoms with Crippen LogP contribution in [0.1, 0.15) is 15.8 Å². The molecule has 3 nitrogen and oxygen atoms in total. The Hall–Kier alpha value is -0.420. The number of nitrogens with two attached hydrogens (primary N) is 1. The summed E-state index contributed by atoms with van der Waals surface area (Å²) < 4.78 is 5.07. The fourth-order valence-corrected chi connectivity index (χ4v) is 2.59. The van der Waals surface area contributed by atoms with Gasteiger partial charge in [0.2, 0.25) is 0 Å². The number of hydrogen-bond acceptors (Lipinski definition) is 4. The maximum atomic E-state index is 5.81. The van der Waals surface area contributed by atoms with Crippen LogP contribution in [0.15, 0.2) is 12.1 Å². The molecular weight excluding hydrogens is 208 g/mol. The van der Waals surface area contributed by atoms with Crippen molar-refractivity contribution in [1.29, 1.82) is 0 Å². The summed E-state index contributed by atoms with van der Waals surface area (Å²) in [5, 5.41) is 0. The van der Waals surface area contributed by atoms with Gasteiger partial charge >= 0.3 is 0 Å². The van der Waals surface area contributed by atoms with Gasteiger partial charge in [0.15, 0.2) is 0 Å². The lowest BCUT2D eigenvalue weighted by Gasteiger charge is -2.25. The number of thiophene rings is 1. The molecule has 1 rings (SSSR count). The molecule has 0 fully saturated rings. The molecule has 0 aliphatic carbocycles. The molecule has 0 spiro atoms. The predicted octanol–water partition coefficient (Wildman–Crippen LogP) is 1.63. The molecule has 0 aliphatic heterocycles.